The van der Waals surface area contributed by atoms with E-state index in [1.54, 1.807) is 0 Å². The molecule has 0 heterocycles. The molecule has 0 aromatic carbocycles. The third-order valence-corrected chi connectivity index (χ3v) is 2.36. The van der Waals surface area contributed by atoms with Crippen LogP contribution in [0.5, 0.6) is 0 Å². The van der Waals surface area contributed by atoms with Gasteiger partial charge in [-0.3, -0.25) is 0 Å². The zero-order valence-corrected chi connectivity index (χ0v) is 6.72. The average Bonchev–Trinajstić information content (AvgIpc) is 1.83. The van der Waals surface area contributed by atoms with Crippen molar-refractivity contribution < 1.29 is 0 Å². The highest BCUT2D eigenvalue weighted by Crippen LogP contribution is 2.06. The van der Waals surface area contributed by atoms with E-state index in [9.17, 15) is 0 Å². The predicted molar refractivity (Wildman–Crippen MR) is 41.3 cm³/mol. The van der Waals surface area contributed by atoms with Crippen molar-refractivity contribution in [3.05, 3.63) is 0 Å². The molecule has 0 aliphatic rings. The van der Waals surface area contributed by atoms with Gasteiger partial charge in [-0.1, -0.05) is 6.92 Å². The first kappa shape index (κ1) is 8.31. The van der Waals surface area contributed by atoms with Crippen LogP contribution in [0.4, 0.5) is 0 Å². The summed E-state index contributed by atoms with van der Waals surface area (Å²) in [5.41, 5.74) is 0. The molecule has 2 heteroatoms. The maximum Gasteiger partial charge on any atom is 0.0501 e. The summed E-state index contributed by atoms with van der Waals surface area (Å²) in [6, 6.07) is 0. The van der Waals surface area contributed by atoms with Gasteiger partial charge in [0.2, 0.25) is 0 Å². The molecule has 0 rings (SSSR count). The Kier molecular flexibility index (Phi) is 5.66. The average molecular weight is 133 g/mol. The van der Waals surface area contributed by atoms with Gasteiger partial charge in [-0.25, -0.2) is 0 Å². The van der Waals surface area contributed by atoms with Gasteiger partial charge in [0.25, 0.3) is 0 Å². The van der Waals surface area contributed by atoms with E-state index < -0.39 is 0 Å². The Morgan fingerprint density at radius 1 is 1.62 bits per heavy atom. The molecule has 1 N–H and O–H groups in total. The molecule has 0 spiro atoms. The van der Waals surface area contributed by atoms with Crippen molar-refractivity contribution in [2.24, 2.45) is 0 Å². The van der Waals surface area contributed by atoms with Gasteiger partial charge >= 0.3 is 0 Å². The monoisotopic (exact) mass is 133 g/mol. The van der Waals surface area contributed by atoms with E-state index in [1.165, 1.54) is 12.2 Å². The van der Waals surface area contributed by atoms with Crippen LogP contribution in [0.1, 0.15) is 20.3 Å². The molecule has 0 aliphatic heterocycles. The van der Waals surface area contributed by atoms with Crippen molar-refractivity contribution in [1.82, 2.24) is 5.32 Å². The predicted octanol–water partition coefficient (Wildman–Crippen LogP) is 1.70. The second kappa shape index (κ2) is 5.45. The molecule has 0 aromatic heterocycles. The van der Waals surface area contributed by atoms with Crippen molar-refractivity contribution >= 4 is 11.8 Å². The summed E-state index contributed by atoms with van der Waals surface area (Å²) in [4.78, 5) is 0. The summed E-state index contributed by atoms with van der Waals surface area (Å²) in [6.45, 7) is 4.38. The van der Waals surface area contributed by atoms with Gasteiger partial charge in [0.05, 0.1) is 5.37 Å². The van der Waals surface area contributed by atoms with Gasteiger partial charge in [0.1, 0.15) is 0 Å². The van der Waals surface area contributed by atoms with E-state index in [2.05, 4.69) is 19.2 Å². The van der Waals surface area contributed by atoms with Gasteiger partial charge in [-0.2, -0.15) is 0 Å². The Hall–Kier alpha value is 0.310. The maximum atomic E-state index is 3.16. The lowest BCUT2D eigenvalue weighted by atomic mass is 10.6. The Bertz CT molecular complexity index is 47.8. The first-order chi connectivity index (χ1) is 3.81. The van der Waals surface area contributed by atoms with Crippen LogP contribution >= 0.6 is 11.8 Å². The minimum absolute atomic E-state index is 0.620. The molecule has 0 saturated carbocycles. The van der Waals surface area contributed by atoms with Crippen molar-refractivity contribution in [3.63, 3.8) is 0 Å². The fourth-order valence-electron chi connectivity index (χ4n) is 0.378. The van der Waals surface area contributed by atoms with Crippen LogP contribution < -0.4 is 5.32 Å². The maximum absolute atomic E-state index is 3.16. The lowest BCUT2D eigenvalue weighted by molar-refractivity contribution is 0.804. The van der Waals surface area contributed by atoms with Crippen LogP contribution in [-0.4, -0.2) is 18.2 Å². The van der Waals surface area contributed by atoms with Crippen LogP contribution in [-0.2, 0) is 0 Å². The van der Waals surface area contributed by atoms with Crippen molar-refractivity contribution in [2.45, 2.75) is 25.6 Å². The van der Waals surface area contributed by atoms with Gasteiger partial charge in [-0.15, -0.1) is 11.8 Å². The van der Waals surface area contributed by atoms with Crippen molar-refractivity contribution in [1.29, 1.82) is 0 Å². The molecule has 0 fully saturated rings. The molecule has 1 atom stereocenters. The first-order valence-electron chi connectivity index (χ1n) is 3.10. The Morgan fingerprint density at radius 3 is 2.62 bits per heavy atom. The zero-order chi connectivity index (χ0) is 6.41. The van der Waals surface area contributed by atoms with E-state index >= 15 is 0 Å². The third-order valence-electron chi connectivity index (χ3n) is 0.979. The van der Waals surface area contributed by atoms with Gasteiger partial charge in [-0.05, 0) is 26.1 Å². The van der Waals surface area contributed by atoms with Crippen LogP contribution in [0.3, 0.4) is 0 Å². The summed E-state index contributed by atoms with van der Waals surface area (Å²) in [6.07, 6.45) is 1.27. The smallest absolute Gasteiger partial charge is 0.0501 e. The molecule has 0 saturated heterocycles. The van der Waals surface area contributed by atoms with Gasteiger partial charge in [0.15, 0.2) is 0 Å². The summed E-state index contributed by atoms with van der Waals surface area (Å²) in [5.74, 6) is 1.27. The lowest BCUT2D eigenvalue weighted by Gasteiger charge is -2.06. The number of thioether (sulfide) groups is 1. The fraction of sp³-hybridized carbons (Fsp3) is 1.00. The highest BCUT2D eigenvalue weighted by molar-refractivity contribution is 7.99. The molecule has 50 valence electrons. The van der Waals surface area contributed by atoms with E-state index in [0.717, 1.165) is 0 Å². The van der Waals surface area contributed by atoms with Gasteiger partial charge in [0, 0.05) is 0 Å². The van der Waals surface area contributed by atoms with E-state index in [0.29, 0.717) is 5.37 Å². The quantitative estimate of drug-likeness (QED) is 0.586. The molecule has 0 aromatic rings. The van der Waals surface area contributed by atoms with Gasteiger partial charge < -0.3 is 5.32 Å². The minimum Gasteiger partial charge on any atom is -0.309 e. The van der Waals surface area contributed by atoms with Crippen LogP contribution in [0, 0.1) is 0 Å². The topological polar surface area (TPSA) is 12.0 Å². The summed E-state index contributed by atoms with van der Waals surface area (Å²) >= 11 is 1.97. The zero-order valence-electron chi connectivity index (χ0n) is 5.90. The summed E-state index contributed by atoms with van der Waals surface area (Å²) < 4.78 is 0. The minimum atomic E-state index is 0.620. The second-order valence-corrected chi connectivity index (χ2v) is 3.25. The number of rotatable bonds is 4. The largest absolute Gasteiger partial charge is 0.309 e. The molecule has 0 radical (unpaired) electrons. The fourth-order valence-corrected chi connectivity index (χ4v) is 1.13. The standard InChI is InChI=1S/C6H15NS/c1-4-5-8-6(2)7-3/h6-7H,4-5H2,1-3H3. The molecular formula is C6H15NS. The second-order valence-electron chi connectivity index (χ2n) is 1.80. The molecule has 0 aliphatic carbocycles. The molecule has 0 amide bonds. The van der Waals surface area contributed by atoms with E-state index in [-0.39, 0.29) is 0 Å². The lowest BCUT2D eigenvalue weighted by Crippen LogP contribution is -2.17. The van der Waals surface area contributed by atoms with Crippen LogP contribution in [0.25, 0.3) is 0 Å². The first-order valence-corrected chi connectivity index (χ1v) is 4.15. The van der Waals surface area contributed by atoms with E-state index in [4.69, 9.17) is 0 Å². The highest BCUT2D eigenvalue weighted by atomic mass is 32.2. The summed E-state index contributed by atoms with van der Waals surface area (Å²) in [5, 5.41) is 3.78. The Labute approximate surface area is 56.2 Å². The highest BCUT2D eigenvalue weighted by Gasteiger charge is 1.93. The molecule has 1 nitrogen and oxygen atoms in total. The SMILES string of the molecule is CCCSC(C)NC. The molecule has 0 bridgehead atoms. The number of nitrogens with one attached hydrogen (secondary N) is 1. The Morgan fingerprint density at radius 2 is 2.25 bits per heavy atom. The van der Waals surface area contributed by atoms with Crippen molar-refractivity contribution in [3.8, 4) is 0 Å². The van der Waals surface area contributed by atoms with Crippen molar-refractivity contribution in [2.75, 3.05) is 12.8 Å². The summed E-state index contributed by atoms with van der Waals surface area (Å²) in [7, 11) is 1.99. The molecule has 8 heavy (non-hydrogen) atoms. The molecular weight excluding hydrogens is 118 g/mol. The van der Waals surface area contributed by atoms with Crippen LogP contribution in [0.15, 0.2) is 0 Å². The van der Waals surface area contributed by atoms with E-state index in [1.807, 2.05) is 18.8 Å². The third kappa shape index (κ3) is 4.47. The van der Waals surface area contributed by atoms with Crippen LogP contribution in [0.2, 0.25) is 0 Å². The Balaban J connectivity index is 2.86. The molecule has 1 unspecified atom stereocenters. The normalized spacial score (nSPS) is 13.9. The number of hydrogen-bond acceptors (Lipinski definition) is 2. The number of hydrogen-bond donors (Lipinski definition) is 1.